The molecule has 2 heterocycles. The smallest absolute Gasteiger partial charge is 0.303 e. The number of nitrogens with zero attached hydrogens (tertiary/aromatic N) is 2. The third kappa shape index (κ3) is 4.81. The number of carboxylic acid groups (broad SMARTS) is 1. The van der Waals surface area contributed by atoms with Crippen LogP contribution in [-0.2, 0) is 23.1 Å². The predicted octanol–water partition coefficient (Wildman–Crippen LogP) is 5.80. The molecule has 3 N–H and O–H groups in total. The van der Waals surface area contributed by atoms with Crippen LogP contribution in [0.1, 0.15) is 23.1 Å². The second-order valence-corrected chi connectivity index (χ2v) is 9.47. The number of carboxylic acids is 1. The molecule has 1 amide bonds. The van der Waals surface area contributed by atoms with Crippen molar-refractivity contribution in [1.82, 2.24) is 9.55 Å². The van der Waals surface area contributed by atoms with Crippen molar-refractivity contribution in [3.8, 4) is 11.4 Å². The van der Waals surface area contributed by atoms with Crippen LogP contribution in [0, 0.1) is 0 Å². The Hall–Kier alpha value is -4.17. The minimum Gasteiger partial charge on any atom is -0.481 e. The predicted molar refractivity (Wildman–Crippen MR) is 144 cm³/mol. The van der Waals surface area contributed by atoms with E-state index in [0.29, 0.717) is 17.7 Å². The lowest BCUT2D eigenvalue weighted by Gasteiger charge is -2.16. The van der Waals surface area contributed by atoms with Gasteiger partial charge in [0.25, 0.3) is 5.91 Å². The number of hydrogen-bond donors (Lipinski definition) is 3. The van der Waals surface area contributed by atoms with Gasteiger partial charge in [0.2, 0.25) is 0 Å². The maximum Gasteiger partial charge on any atom is 0.303 e. The standard InChI is InChI=1S/C28H23BrN4O3/c1-33-14-13-30-27(33)18-6-9-21(10-7-18)31-26(19-4-2-3-17(15-19)5-12-24(34)35)25-22-11-8-20(29)16-23(22)32-28(25)36/h2-4,6-11,13-16,31H,5,12H2,1H3,(H,32,36)(H,34,35). The highest BCUT2D eigenvalue weighted by molar-refractivity contribution is 9.10. The highest BCUT2D eigenvalue weighted by atomic mass is 79.9. The summed E-state index contributed by atoms with van der Waals surface area (Å²) >= 11 is 3.47. The van der Waals surface area contributed by atoms with Gasteiger partial charge in [0.15, 0.2) is 0 Å². The van der Waals surface area contributed by atoms with E-state index in [2.05, 4.69) is 31.5 Å². The summed E-state index contributed by atoms with van der Waals surface area (Å²) in [5.74, 6) is -0.188. The van der Waals surface area contributed by atoms with Gasteiger partial charge >= 0.3 is 5.97 Å². The Labute approximate surface area is 216 Å². The van der Waals surface area contributed by atoms with Gasteiger partial charge in [0.05, 0.1) is 17.0 Å². The zero-order valence-corrected chi connectivity index (χ0v) is 21.0. The normalized spacial score (nSPS) is 13.8. The van der Waals surface area contributed by atoms with Gasteiger partial charge in [-0.05, 0) is 60.0 Å². The first-order chi connectivity index (χ1) is 17.4. The average molecular weight is 543 g/mol. The molecule has 4 aromatic rings. The molecule has 8 heteroatoms. The third-order valence-corrected chi connectivity index (χ3v) is 6.55. The molecule has 0 saturated heterocycles. The molecule has 1 aromatic heterocycles. The van der Waals surface area contributed by atoms with Crippen LogP contribution in [0.4, 0.5) is 11.4 Å². The molecule has 180 valence electrons. The number of imidazole rings is 1. The van der Waals surface area contributed by atoms with Gasteiger partial charge in [-0.1, -0.05) is 40.2 Å². The van der Waals surface area contributed by atoms with Crippen LogP contribution in [0.3, 0.4) is 0 Å². The van der Waals surface area contributed by atoms with E-state index in [4.69, 9.17) is 5.11 Å². The Bertz CT molecular complexity index is 1510. The van der Waals surface area contributed by atoms with Gasteiger partial charge in [-0.3, -0.25) is 9.59 Å². The van der Waals surface area contributed by atoms with E-state index in [1.54, 1.807) is 6.20 Å². The fourth-order valence-corrected chi connectivity index (χ4v) is 4.66. The molecule has 0 radical (unpaired) electrons. The summed E-state index contributed by atoms with van der Waals surface area (Å²) in [7, 11) is 1.95. The summed E-state index contributed by atoms with van der Waals surface area (Å²) in [6, 6.07) is 21.2. The molecule has 36 heavy (non-hydrogen) atoms. The molecule has 0 aliphatic carbocycles. The van der Waals surface area contributed by atoms with E-state index in [0.717, 1.165) is 43.9 Å². The Kier molecular flexibility index (Phi) is 6.43. The quantitative estimate of drug-likeness (QED) is 0.256. The van der Waals surface area contributed by atoms with E-state index in [1.807, 2.05) is 84.5 Å². The molecular weight excluding hydrogens is 520 g/mol. The number of benzene rings is 3. The molecule has 3 aromatic carbocycles. The molecule has 0 atom stereocenters. The summed E-state index contributed by atoms with van der Waals surface area (Å²) in [5, 5.41) is 15.5. The second-order valence-electron chi connectivity index (χ2n) is 8.55. The van der Waals surface area contributed by atoms with Crippen LogP contribution in [0.2, 0.25) is 0 Å². The largest absolute Gasteiger partial charge is 0.481 e. The molecule has 0 spiro atoms. The number of carbonyl (C=O) groups is 2. The van der Waals surface area contributed by atoms with Crippen LogP contribution >= 0.6 is 15.9 Å². The van der Waals surface area contributed by atoms with E-state index < -0.39 is 5.97 Å². The van der Waals surface area contributed by atoms with Crippen LogP contribution < -0.4 is 10.6 Å². The number of aromatic nitrogens is 2. The van der Waals surface area contributed by atoms with Crippen LogP contribution in [0.5, 0.6) is 0 Å². The highest BCUT2D eigenvalue weighted by Gasteiger charge is 2.28. The van der Waals surface area contributed by atoms with Crippen molar-refractivity contribution in [2.24, 2.45) is 7.05 Å². The number of hydrogen-bond acceptors (Lipinski definition) is 4. The average Bonchev–Trinajstić information content (AvgIpc) is 3.43. The Morgan fingerprint density at radius 1 is 1.11 bits per heavy atom. The molecule has 0 fully saturated rings. The number of aliphatic carboxylic acids is 1. The summed E-state index contributed by atoms with van der Waals surface area (Å²) in [6.07, 6.45) is 4.10. The number of halogens is 1. The van der Waals surface area contributed by atoms with Crippen molar-refractivity contribution >= 4 is 50.5 Å². The number of anilines is 2. The van der Waals surface area contributed by atoms with Crippen molar-refractivity contribution in [3.05, 3.63) is 100 Å². The van der Waals surface area contributed by atoms with Crippen LogP contribution in [-0.4, -0.2) is 26.5 Å². The topological polar surface area (TPSA) is 96.3 Å². The van der Waals surface area contributed by atoms with E-state index in [9.17, 15) is 9.59 Å². The first kappa shape index (κ1) is 23.6. The van der Waals surface area contributed by atoms with E-state index in [-0.39, 0.29) is 12.3 Å². The number of amides is 1. The van der Waals surface area contributed by atoms with Gasteiger partial charge in [-0.2, -0.15) is 0 Å². The fraction of sp³-hybridized carbons (Fsp3) is 0.107. The molecule has 0 bridgehead atoms. The Balaban J connectivity index is 1.58. The molecule has 0 unspecified atom stereocenters. The van der Waals surface area contributed by atoms with Crippen molar-refractivity contribution in [2.45, 2.75) is 12.8 Å². The molecule has 5 rings (SSSR count). The Morgan fingerprint density at radius 2 is 1.92 bits per heavy atom. The van der Waals surface area contributed by atoms with Gasteiger partial charge in [0.1, 0.15) is 5.82 Å². The lowest BCUT2D eigenvalue weighted by Crippen LogP contribution is -2.10. The number of fused-ring (bicyclic) bond motifs is 1. The Morgan fingerprint density at radius 3 is 2.64 bits per heavy atom. The number of nitrogens with one attached hydrogen (secondary N) is 2. The lowest BCUT2D eigenvalue weighted by molar-refractivity contribution is -0.137. The summed E-state index contributed by atoms with van der Waals surface area (Å²) in [6.45, 7) is 0. The first-order valence-corrected chi connectivity index (χ1v) is 12.2. The number of carbonyl (C=O) groups excluding carboxylic acids is 1. The minimum absolute atomic E-state index is 0.0365. The van der Waals surface area contributed by atoms with E-state index in [1.165, 1.54) is 0 Å². The van der Waals surface area contributed by atoms with Gasteiger partial charge in [0, 0.05) is 47.1 Å². The van der Waals surface area contributed by atoms with Crippen LogP contribution in [0.15, 0.2) is 83.6 Å². The number of rotatable bonds is 7. The zero-order valence-electron chi connectivity index (χ0n) is 19.5. The summed E-state index contributed by atoms with van der Waals surface area (Å²) in [4.78, 5) is 28.7. The zero-order chi connectivity index (χ0) is 25.2. The van der Waals surface area contributed by atoms with E-state index >= 15 is 0 Å². The van der Waals surface area contributed by atoms with Gasteiger partial charge in [-0.15, -0.1) is 0 Å². The van der Waals surface area contributed by atoms with Crippen molar-refractivity contribution in [2.75, 3.05) is 10.6 Å². The summed E-state index contributed by atoms with van der Waals surface area (Å²) < 4.78 is 2.83. The molecule has 1 aliphatic heterocycles. The van der Waals surface area contributed by atoms with Crippen LogP contribution in [0.25, 0.3) is 22.7 Å². The summed E-state index contributed by atoms with van der Waals surface area (Å²) in [5.41, 5.74) is 6.18. The maximum atomic E-state index is 13.2. The SMILES string of the molecule is Cn1ccnc1-c1ccc(NC(=C2C(=O)Nc3cc(Br)ccc32)c2cccc(CCC(=O)O)c2)cc1. The number of aryl methyl sites for hydroxylation is 2. The van der Waals surface area contributed by atoms with Crippen molar-refractivity contribution in [1.29, 1.82) is 0 Å². The fourth-order valence-electron chi connectivity index (χ4n) is 4.30. The minimum atomic E-state index is -0.848. The van der Waals surface area contributed by atoms with Gasteiger partial charge in [-0.25, -0.2) is 4.98 Å². The lowest BCUT2D eigenvalue weighted by atomic mass is 9.97. The molecule has 0 saturated carbocycles. The van der Waals surface area contributed by atoms with Crippen molar-refractivity contribution in [3.63, 3.8) is 0 Å². The van der Waals surface area contributed by atoms with Crippen molar-refractivity contribution < 1.29 is 14.7 Å². The first-order valence-electron chi connectivity index (χ1n) is 11.4. The molecular formula is C28H23BrN4O3. The second kappa shape index (κ2) is 9.83. The van der Waals surface area contributed by atoms with Gasteiger partial charge < -0.3 is 20.3 Å². The molecule has 1 aliphatic rings. The monoisotopic (exact) mass is 542 g/mol. The third-order valence-electron chi connectivity index (χ3n) is 6.05. The molecule has 7 nitrogen and oxygen atoms in total. The highest BCUT2D eigenvalue weighted by Crippen LogP contribution is 2.39. The maximum absolute atomic E-state index is 13.2.